The van der Waals surface area contributed by atoms with Crippen molar-refractivity contribution in [2.24, 2.45) is 0 Å². The van der Waals surface area contributed by atoms with Crippen LogP contribution in [0.25, 0.3) is 11.1 Å². The fourth-order valence-electron chi connectivity index (χ4n) is 3.69. The number of ether oxygens (including phenoxy) is 1. The van der Waals surface area contributed by atoms with Gasteiger partial charge >= 0.3 is 6.18 Å². The van der Waals surface area contributed by atoms with E-state index < -0.39 is 45.2 Å². The third kappa shape index (κ3) is 6.17. The van der Waals surface area contributed by atoms with Crippen LogP contribution < -0.4 is 10.7 Å². The summed E-state index contributed by atoms with van der Waals surface area (Å²) in [4.78, 5) is 29.9. The van der Waals surface area contributed by atoms with Gasteiger partial charge in [-0.05, 0) is 30.7 Å². The van der Waals surface area contributed by atoms with Crippen molar-refractivity contribution in [1.29, 1.82) is 0 Å². The summed E-state index contributed by atoms with van der Waals surface area (Å²) in [6.07, 6.45) is -1.33. The van der Waals surface area contributed by atoms with Crippen LogP contribution in [-0.4, -0.2) is 49.0 Å². The van der Waals surface area contributed by atoms with Crippen LogP contribution in [0.3, 0.4) is 0 Å². The van der Waals surface area contributed by atoms with Crippen molar-refractivity contribution < 1.29 is 36.2 Å². The van der Waals surface area contributed by atoms with Crippen molar-refractivity contribution in [2.75, 3.05) is 20.0 Å². The largest absolute Gasteiger partial charge is 0.505 e. The van der Waals surface area contributed by atoms with Crippen molar-refractivity contribution in [2.45, 2.75) is 31.1 Å². The van der Waals surface area contributed by atoms with Gasteiger partial charge in [-0.1, -0.05) is 12.1 Å². The first-order valence-corrected chi connectivity index (χ1v) is 12.7. The molecule has 37 heavy (non-hydrogen) atoms. The number of aromatic hydroxyl groups is 1. The minimum atomic E-state index is -4.64. The summed E-state index contributed by atoms with van der Waals surface area (Å²) in [6, 6.07) is 5.34. The Balaban J connectivity index is 2.06. The van der Waals surface area contributed by atoms with E-state index in [9.17, 15) is 36.3 Å². The molecule has 9 nitrogen and oxygen atoms in total. The van der Waals surface area contributed by atoms with E-state index in [0.29, 0.717) is 5.69 Å². The van der Waals surface area contributed by atoms with Gasteiger partial charge in [0.25, 0.3) is 5.91 Å². The number of carbonyl (C=O) groups is 1. The summed E-state index contributed by atoms with van der Waals surface area (Å²) in [5.41, 5.74) is -2.04. The Morgan fingerprint density at radius 1 is 1.24 bits per heavy atom. The van der Waals surface area contributed by atoms with E-state index in [1.54, 1.807) is 6.92 Å². The number of benzene rings is 1. The summed E-state index contributed by atoms with van der Waals surface area (Å²) >= 11 is 0. The fraction of sp³-hybridized carbons (Fsp3) is 0.292. The van der Waals surface area contributed by atoms with Gasteiger partial charge in [0.1, 0.15) is 16.2 Å². The molecule has 198 valence electrons. The molecule has 13 heteroatoms. The molecular weight excluding hydrogens is 515 g/mol. The zero-order valence-corrected chi connectivity index (χ0v) is 20.9. The lowest BCUT2D eigenvalue weighted by Gasteiger charge is -2.18. The number of nitrogens with one attached hydrogen (secondary N) is 1. The van der Waals surface area contributed by atoms with Crippen LogP contribution in [0.2, 0.25) is 0 Å². The third-order valence-electron chi connectivity index (χ3n) is 5.59. The van der Waals surface area contributed by atoms with E-state index in [0.717, 1.165) is 30.7 Å². The number of alkyl halides is 3. The fourth-order valence-corrected chi connectivity index (χ4v) is 4.47. The molecule has 2 N–H and O–H groups in total. The highest BCUT2D eigenvalue weighted by molar-refractivity contribution is 7.90. The summed E-state index contributed by atoms with van der Waals surface area (Å²) in [7, 11) is -2.32. The topological polar surface area (TPSA) is 128 Å². The maximum absolute atomic E-state index is 13.4. The smallest absolute Gasteiger partial charge is 0.416 e. The normalized spacial score (nSPS) is 11.9. The molecule has 0 atom stereocenters. The Morgan fingerprint density at radius 2 is 1.95 bits per heavy atom. The molecule has 0 bridgehead atoms. The Labute approximate surface area is 210 Å². The number of amides is 1. The summed E-state index contributed by atoms with van der Waals surface area (Å²) < 4.78 is 70.2. The van der Waals surface area contributed by atoms with Crippen molar-refractivity contribution in [3.8, 4) is 16.9 Å². The molecule has 0 saturated carbocycles. The van der Waals surface area contributed by atoms with Crippen LogP contribution in [0.15, 0.2) is 52.4 Å². The van der Waals surface area contributed by atoms with Gasteiger partial charge in [0.2, 0.25) is 5.43 Å². The average molecular weight is 540 g/mol. The molecule has 3 aromatic rings. The first kappa shape index (κ1) is 27.9. The lowest BCUT2D eigenvalue weighted by atomic mass is 9.99. The van der Waals surface area contributed by atoms with E-state index >= 15 is 0 Å². The van der Waals surface area contributed by atoms with Crippen LogP contribution in [0.5, 0.6) is 5.75 Å². The number of sulfone groups is 1. The summed E-state index contributed by atoms with van der Waals surface area (Å²) in [6.45, 7) is 1.53. The second kappa shape index (κ2) is 10.7. The van der Waals surface area contributed by atoms with Gasteiger partial charge in [-0.25, -0.2) is 8.42 Å². The molecule has 0 aliphatic carbocycles. The first-order chi connectivity index (χ1) is 17.3. The number of rotatable bonds is 8. The van der Waals surface area contributed by atoms with Crippen molar-refractivity contribution in [3.05, 3.63) is 75.5 Å². The molecular formula is C24H24F3N3O6S. The molecule has 1 amide bonds. The van der Waals surface area contributed by atoms with Gasteiger partial charge in [-0.15, -0.1) is 0 Å². The van der Waals surface area contributed by atoms with Gasteiger partial charge < -0.3 is 19.7 Å². The number of nitrogens with zero attached hydrogens (tertiary/aromatic N) is 2. The van der Waals surface area contributed by atoms with Gasteiger partial charge in [0.15, 0.2) is 15.6 Å². The Morgan fingerprint density at radius 3 is 2.57 bits per heavy atom. The Kier molecular flexibility index (Phi) is 8.08. The molecule has 0 unspecified atom stereocenters. The minimum absolute atomic E-state index is 0.0155. The molecule has 0 radical (unpaired) electrons. The number of pyridine rings is 2. The standard InChI is InChI=1S/C24H24F3N3O6S/c1-14-20(15-5-4-6-16(11-15)24(25,26)27)21(31)17(13-30(14)9-10-36-2)23(33)29-12-18-22(32)19(7-8-28-18)37(3,34)35/h4-8,11,13,32H,9-10,12H2,1-3H3,(H,29,33). The maximum Gasteiger partial charge on any atom is 0.416 e. The lowest BCUT2D eigenvalue weighted by molar-refractivity contribution is -0.137. The summed E-state index contributed by atoms with van der Waals surface area (Å²) in [5, 5.41) is 12.7. The van der Waals surface area contributed by atoms with Crippen LogP contribution in [-0.2, 0) is 33.8 Å². The van der Waals surface area contributed by atoms with E-state index in [1.807, 2.05) is 0 Å². The number of methoxy groups -OCH3 is 1. The number of hydrogen-bond acceptors (Lipinski definition) is 7. The second-order valence-electron chi connectivity index (χ2n) is 8.16. The number of hydrogen-bond donors (Lipinski definition) is 2. The summed E-state index contributed by atoms with van der Waals surface area (Å²) in [5.74, 6) is -1.54. The van der Waals surface area contributed by atoms with Gasteiger partial charge in [0.05, 0.1) is 18.7 Å². The second-order valence-corrected chi connectivity index (χ2v) is 10.1. The van der Waals surface area contributed by atoms with Gasteiger partial charge in [-0.2, -0.15) is 13.2 Å². The highest BCUT2D eigenvalue weighted by Gasteiger charge is 2.31. The molecule has 2 heterocycles. The molecule has 0 aliphatic heterocycles. The maximum atomic E-state index is 13.4. The monoisotopic (exact) mass is 539 g/mol. The Hall–Kier alpha value is -3.71. The van der Waals surface area contributed by atoms with Crippen molar-refractivity contribution in [3.63, 3.8) is 0 Å². The SMILES string of the molecule is COCCn1cc(C(=O)NCc2nccc(S(C)(=O)=O)c2O)c(=O)c(-c2cccc(C(F)(F)F)c2)c1C. The predicted molar refractivity (Wildman–Crippen MR) is 128 cm³/mol. The van der Waals surface area contributed by atoms with Gasteiger partial charge in [-0.3, -0.25) is 14.6 Å². The molecule has 0 spiro atoms. The molecule has 2 aromatic heterocycles. The molecule has 3 rings (SSSR count). The lowest BCUT2D eigenvalue weighted by Crippen LogP contribution is -2.31. The van der Waals surface area contributed by atoms with Crippen LogP contribution in [0, 0.1) is 6.92 Å². The molecule has 0 aliphatic rings. The van der Waals surface area contributed by atoms with E-state index in [4.69, 9.17) is 4.74 Å². The van der Waals surface area contributed by atoms with Crippen LogP contribution >= 0.6 is 0 Å². The third-order valence-corrected chi connectivity index (χ3v) is 6.72. The van der Waals surface area contributed by atoms with Gasteiger partial charge in [0, 0.05) is 43.6 Å². The highest BCUT2D eigenvalue weighted by atomic mass is 32.2. The van der Waals surface area contributed by atoms with Crippen LogP contribution in [0.1, 0.15) is 27.3 Å². The van der Waals surface area contributed by atoms with Crippen molar-refractivity contribution >= 4 is 15.7 Å². The highest BCUT2D eigenvalue weighted by Crippen LogP contribution is 2.32. The van der Waals surface area contributed by atoms with E-state index in [2.05, 4.69) is 10.3 Å². The molecule has 0 saturated heterocycles. The molecule has 1 aromatic carbocycles. The zero-order valence-electron chi connectivity index (χ0n) is 20.1. The number of aromatic nitrogens is 2. The van der Waals surface area contributed by atoms with Crippen LogP contribution in [0.4, 0.5) is 13.2 Å². The first-order valence-electron chi connectivity index (χ1n) is 10.8. The van der Waals surface area contributed by atoms with Crippen molar-refractivity contribution in [1.82, 2.24) is 14.9 Å². The predicted octanol–water partition coefficient (Wildman–Crippen LogP) is 2.92. The average Bonchev–Trinajstić information content (AvgIpc) is 2.82. The van der Waals surface area contributed by atoms with E-state index in [1.165, 1.54) is 30.0 Å². The van der Waals surface area contributed by atoms with E-state index in [-0.39, 0.29) is 40.4 Å². The zero-order chi connectivity index (χ0) is 27.5. The number of carbonyl (C=O) groups excluding carboxylic acids is 1. The quantitative estimate of drug-likeness (QED) is 0.451. The molecule has 0 fully saturated rings. The Bertz CT molecular complexity index is 1500. The number of halogens is 3. The minimum Gasteiger partial charge on any atom is -0.505 e.